The molecule has 0 radical (unpaired) electrons. The molecule has 16 heavy (non-hydrogen) atoms. The van der Waals surface area contributed by atoms with E-state index in [4.69, 9.17) is 0 Å². The molecule has 0 unspecified atom stereocenters. The predicted octanol–water partition coefficient (Wildman–Crippen LogP) is 1.65. The Morgan fingerprint density at radius 1 is 1.44 bits per heavy atom. The number of rotatable bonds is 1. The number of fused-ring (bicyclic) bond motifs is 3. The Hall–Kier alpha value is -1.83. The molecule has 2 aromatic heterocycles. The molecule has 0 spiro atoms. The number of aryl methyl sites for hydroxylation is 1. The number of hydrogen-bond acceptors (Lipinski definition) is 1. The molecule has 0 atom stereocenters. The van der Waals surface area contributed by atoms with Crippen molar-refractivity contribution < 1.29 is 0 Å². The molecule has 2 heteroatoms. The average Bonchev–Trinajstić information content (AvgIpc) is 2.52. The lowest BCUT2D eigenvalue weighted by atomic mass is 10.2. The Labute approximate surface area is 94.0 Å². The van der Waals surface area contributed by atoms with Gasteiger partial charge in [-0.25, -0.2) is 0 Å². The van der Waals surface area contributed by atoms with Gasteiger partial charge in [0.1, 0.15) is 0 Å². The van der Waals surface area contributed by atoms with E-state index in [9.17, 15) is 0 Å². The van der Waals surface area contributed by atoms with E-state index in [-0.39, 0.29) is 0 Å². The zero-order chi connectivity index (χ0) is 11.0. The number of H-pyrrole nitrogens is 1. The summed E-state index contributed by atoms with van der Waals surface area (Å²) in [5, 5.41) is 3.81. The molecule has 2 heterocycles. The van der Waals surface area contributed by atoms with Crippen LogP contribution in [-0.2, 0) is 6.42 Å². The Bertz CT molecular complexity index is 675. The lowest BCUT2D eigenvalue weighted by Gasteiger charge is -1.96. The lowest BCUT2D eigenvalue weighted by Crippen LogP contribution is -2.21. The van der Waals surface area contributed by atoms with E-state index < -0.39 is 0 Å². The van der Waals surface area contributed by atoms with Crippen molar-refractivity contribution in [2.75, 3.05) is 0 Å². The van der Waals surface area contributed by atoms with Gasteiger partial charge in [0.05, 0.1) is 11.2 Å². The summed E-state index contributed by atoms with van der Waals surface area (Å²) in [4.78, 5) is 7.89. The highest BCUT2D eigenvalue weighted by molar-refractivity contribution is 5.83. The normalized spacial score (nSPS) is 14.1. The summed E-state index contributed by atoms with van der Waals surface area (Å²) in [6.45, 7) is 2.14. The van der Waals surface area contributed by atoms with Gasteiger partial charge in [-0.2, -0.15) is 0 Å². The van der Waals surface area contributed by atoms with Crippen LogP contribution in [0.2, 0.25) is 0 Å². The first-order chi connectivity index (χ1) is 7.90. The van der Waals surface area contributed by atoms with E-state index in [0.29, 0.717) is 0 Å². The van der Waals surface area contributed by atoms with Crippen LogP contribution in [0, 0.1) is 0 Å². The van der Waals surface area contributed by atoms with E-state index in [0.717, 1.165) is 18.5 Å². The molecule has 2 aromatic rings. The van der Waals surface area contributed by atoms with Gasteiger partial charge in [0.25, 0.3) is 0 Å². The lowest BCUT2D eigenvalue weighted by molar-refractivity contribution is 1.05. The van der Waals surface area contributed by atoms with Gasteiger partial charge >= 0.3 is 0 Å². The maximum Gasteiger partial charge on any atom is 0.0683 e. The van der Waals surface area contributed by atoms with Crippen LogP contribution in [0.4, 0.5) is 0 Å². The van der Waals surface area contributed by atoms with Crippen molar-refractivity contribution in [1.29, 1.82) is 0 Å². The molecule has 0 saturated heterocycles. The third-order valence-corrected chi connectivity index (χ3v) is 3.06. The molecule has 0 aromatic carbocycles. The van der Waals surface area contributed by atoms with Crippen LogP contribution in [0.15, 0.2) is 24.4 Å². The van der Waals surface area contributed by atoms with Crippen molar-refractivity contribution in [3.8, 4) is 0 Å². The highest BCUT2D eigenvalue weighted by atomic mass is 14.8. The molecule has 0 amide bonds. The molecule has 0 aliphatic heterocycles. The van der Waals surface area contributed by atoms with E-state index in [1.165, 1.54) is 21.5 Å². The highest BCUT2D eigenvalue weighted by Crippen LogP contribution is 2.10. The second-order valence-electron chi connectivity index (χ2n) is 4.02. The summed E-state index contributed by atoms with van der Waals surface area (Å²) in [6, 6.07) is 2.10. The van der Waals surface area contributed by atoms with Gasteiger partial charge in [-0.1, -0.05) is 25.2 Å². The quantitative estimate of drug-likeness (QED) is 0.761. The van der Waals surface area contributed by atoms with Crippen molar-refractivity contribution in [3.63, 3.8) is 0 Å². The largest absolute Gasteiger partial charge is 0.353 e. The average molecular weight is 210 g/mol. The van der Waals surface area contributed by atoms with Crippen LogP contribution in [-0.4, -0.2) is 9.97 Å². The minimum atomic E-state index is 0.965. The zero-order valence-corrected chi connectivity index (χ0v) is 9.33. The van der Waals surface area contributed by atoms with Gasteiger partial charge in [-0.15, -0.1) is 0 Å². The molecule has 0 saturated carbocycles. The summed E-state index contributed by atoms with van der Waals surface area (Å²) in [5.41, 5.74) is 2.34. The molecule has 1 aliphatic rings. The van der Waals surface area contributed by atoms with Gasteiger partial charge < -0.3 is 4.98 Å². The molecular weight excluding hydrogens is 196 g/mol. The summed E-state index contributed by atoms with van der Waals surface area (Å²) >= 11 is 0. The number of aromatic amines is 1. The fraction of sp³-hybridized carbons (Fsp3) is 0.214. The smallest absolute Gasteiger partial charge is 0.0683 e. The van der Waals surface area contributed by atoms with Crippen molar-refractivity contribution in [1.82, 2.24) is 9.97 Å². The summed E-state index contributed by atoms with van der Waals surface area (Å²) < 4.78 is 0. The Balaban J connectivity index is 2.50. The Kier molecular flexibility index (Phi) is 2.13. The maximum absolute atomic E-state index is 4.42. The van der Waals surface area contributed by atoms with Gasteiger partial charge in [-0.3, -0.25) is 4.98 Å². The van der Waals surface area contributed by atoms with E-state index >= 15 is 0 Å². The van der Waals surface area contributed by atoms with Crippen molar-refractivity contribution in [3.05, 3.63) is 40.7 Å². The van der Waals surface area contributed by atoms with Crippen molar-refractivity contribution in [2.24, 2.45) is 0 Å². The van der Waals surface area contributed by atoms with Crippen LogP contribution in [0.3, 0.4) is 0 Å². The summed E-state index contributed by atoms with van der Waals surface area (Å²) in [6.07, 6.45) is 12.6. The third kappa shape index (κ3) is 1.30. The molecule has 80 valence electrons. The first-order valence-corrected chi connectivity index (χ1v) is 5.72. The molecular formula is C14H14N2. The van der Waals surface area contributed by atoms with Crippen LogP contribution in [0.5, 0.6) is 0 Å². The highest BCUT2D eigenvalue weighted by Gasteiger charge is 2.05. The van der Waals surface area contributed by atoms with Crippen LogP contribution in [0.25, 0.3) is 23.1 Å². The number of allylic oxidation sites excluding steroid dienone is 2. The minimum Gasteiger partial charge on any atom is -0.353 e. The molecule has 1 aliphatic carbocycles. The van der Waals surface area contributed by atoms with Crippen molar-refractivity contribution in [2.45, 2.75) is 19.8 Å². The summed E-state index contributed by atoms with van der Waals surface area (Å²) in [7, 11) is 0. The predicted molar refractivity (Wildman–Crippen MR) is 67.4 cm³/mol. The topological polar surface area (TPSA) is 28.7 Å². The van der Waals surface area contributed by atoms with Gasteiger partial charge in [0.15, 0.2) is 0 Å². The second kappa shape index (κ2) is 3.63. The SMILES string of the molecule is CCc1nccc2c3c([nH]c12)=CC=CCC=3. The van der Waals surface area contributed by atoms with Crippen LogP contribution >= 0.6 is 0 Å². The third-order valence-electron chi connectivity index (χ3n) is 3.06. The monoisotopic (exact) mass is 210 g/mol. The van der Waals surface area contributed by atoms with E-state index in [2.05, 4.69) is 47.3 Å². The summed E-state index contributed by atoms with van der Waals surface area (Å²) in [5.74, 6) is 0. The molecule has 0 bridgehead atoms. The molecule has 0 fully saturated rings. The molecule has 3 rings (SSSR count). The second-order valence-corrected chi connectivity index (χ2v) is 4.02. The fourth-order valence-corrected chi connectivity index (χ4v) is 2.26. The number of nitrogens with zero attached hydrogens (tertiary/aromatic N) is 1. The molecule has 2 nitrogen and oxygen atoms in total. The number of aromatic nitrogens is 2. The van der Waals surface area contributed by atoms with E-state index in [1.54, 1.807) is 0 Å². The number of pyridine rings is 1. The zero-order valence-electron chi connectivity index (χ0n) is 9.33. The van der Waals surface area contributed by atoms with Crippen LogP contribution < -0.4 is 10.6 Å². The molecule has 1 N–H and O–H groups in total. The van der Waals surface area contributed by atoms with Crippen molar-refractivity contribution >= 4 is 23.1 Å². The number of nitrogens with one attached hydrogen (secondary N) is 1. The Morgan fingerprint density at radius 2 is 2.38 bits per heavy atom. The number of hydrogen-bond donors (Lipinski definition) is 1. The Morgan fingerprint density at radius 3 is 3.25 bits per heavy atom. The van der Waals surface area contributed by atoms with Gasteiger partial charge in [-0.05, 0) is 25.0 Å². The van der Waals surface area contributed by atoms with E-state index in [1.807, 2.05) is 6.20 Å². The van der Waals surface area contributed by atoms with Crippen LogP contribution in [0.1, 0.15) is 19.0 Å². The fourth-order valence-electron chi connectivity index (χ4n) is 2.26. The first kappa shape index (κ1) is 9.40. The van der Waals surface area contributed by atoms with Gasteiger partial charge in [0.2, 0.25) is 0 Å². The maximum atomic E-state index is 4.42. The standard InChI is InChI=1S/C14H14N2/c1-2-12-14-11(8-9-15-12)10-6-4-3-5-7-13(10)16-14/h3,5-9,16H,2,4H2,1H3. The first-order valence-electron chi connectivity index (χ1n) is 5.72. The van der Waals surface area contributed by atoms with Gasteiger partial charge in [0, 0.05) is 22.2 Å². The minimum absolute atomic E-state index is 0.965.